The quantitative estimate of drug-likeness (QED) is 0.0305. The first-order valence-corrected chi connectivity index (χ1v) is 42.1. The lowest BCUT2D eigenvalue weighted by atomic mass is 9.91. The summed E-state index contributed by atoms with van der Waals surface area (Å²) in [5.41, 5.74) is 13.4. The number of Topliss-reactive ketones (excluding diaryl/α,β-unsaturated/α-hetero) is 1. The molecule has 15 rings (SSSR count). The van der Waals surface area contributed by atoms with E-state index < -0.39 is 11.9 Å². The first-order chi connectivity index (χ1) is 60.6. The maximum absolute atomic E-state index is 13.2. The van der Waals surface area contributed by atoms with E-state index in [1.54, 1.807) is 16.7 Å². The molecule has 124 heavy (non-hydrogen) atoms. The third kappa shape index (κ3) is 28.4. The van der Waals surface area contributed by atoms with Crippen LogP contribution in [-0.2, 0) is 88.7 Å². The average molecular weight is 1660 g/mol. The molecule has 0 saturated carbocycles. The second-order valence-corrected chi connectivity index (χ2v) is 30.4. The Morgan fingerprint density at radius 3 is 1.44 bits per heavy atom. The van der Waals surface area contributed by atoms with Crippen molar-refractivity contribution in [3.05, 3.63) is 366 Å². The largest absolute Gasteiger partial charge is 0.494 e. The fourth-order valence-electron chi connectivity index (χ4n) is 14.2. The number of hydrogen-bond acceptors (Lipinski definition) is 14. The number of likely N-dealkylation sites (N-methyl/N-ethyl adjacent to an activating group) is 2. The van der Waals surface area contributed by atoms with E-state index in [1.807, 2.05) is 232 Å². The lowest BCUT2D eigenvalue weighted by Gasteiger charge is -2.19. The van der Waals surface area contributed by atoms with Crippen molar-refractivity contribution in [3.63, 3.8) is 0 Å². The van der Waals surface area contributed by atoms with Gasteiger partial charge in [-0.15, -0.1) is 0 Å². The van der Waals surface area contributed by atoms with Crippen molar-refractivity contribution in [2.24, 2.45) is 0 Å². The summed E-state index contributed by atoms with van der Waals surface area (Å²) in [7, 11) is 3.70. The summed E-state index contributed by atoms with van der Waals surface area (Å²) < 4.78 is 29.3. The molecule has 0 aliphatic heterocycles. The third-order valence-electron chi connectivity index (χ3n) is 20.9. The number of carboxylic acids is 2. The number of amides is 2. The number of benzene rings is 12. The summed E-state index contributed by atoms with van der Waals surface area (Å²) in [6, 6.07) is 100. The van der Waals surface area contributed by atoms with Crippen LogP contribution in [0.5, 0.6) is 28.7 Å². The summed E-state index contributed by atoms with van der Waals surface area (Å²) in [6.45, 7) is 5.34. The van der Waals surface area contributed by atoms with E-state index >= 15 is 0 Å². The molecule has 19 heteroatoms. The zero-order valence-corrected chi connectivity index (χ0v) is 70.5. The zero-order chi connectivity index (χ0) is 86.5. The van der Waals surface area contributed by atoms with E-state index in [-0.39, 0.29) is 36.9 Å². The Morgan fingerprint density at radius 2 is 0.863 bits per heavy atom. The number of aryl methyl sites for hydroxylation is 3. The predicted octanol–water partition coefficient (Wildman–Crippen LogP) is 20.7. The van der Waals surface area contributed by atoms with Crippen LogP contribution in [0.3, 0.4) is 0 Å². The van der Waals surface area contributed by atoms with E-state index in [2.05, 4.69) is 110 Å². The smallest absolute Gasteiger partial charge is 0.303 e. The number of H-pyrrole nitrogens is 1. The molecule has 0 aliphatic rings. The van der Waals surface area contributed by atoms with Gasteiger partial charge in [0.05, 0.1) is 48.5 Å². The molecule has 12 aromatic carbocycles. The fourth-order valence-corrected chi connectivity index (χ4v) is 14.2. The Hall–Kier alpha value is -14.3. The standard InChI is InChI=1S/C33H35NO4.C30H29NO3.C21H20N4O2.C21H21NO3/c1-34(20-19-25-11-4-2-5-12-25)32(35)23-28-21-27(15-8-9-18-33(36)37)22-30-29(28)16-10-17-31(30)38-24-26-13-6-3-7-14-26;1-31(18-17-22-9-4-2-5-10-22)29(32)21-25-19-23(15-16-30(33)34)20-28-26(13-8-14-27(25)28)24-11-6-3-7-12-24;1-2-8-20-16(5-1)10-11-17(24-20)14-27-19-7-3-6-18(13-19)26-12-4-9-21-22-15-23-25-21;1-16(23)5-4-14-24-19-10-12-20(13-11-19)25-15-18-9-8-17-6-2-3-7-21(17)22-18/h2-7,10-14,16-17,21-22H,8-9,15,18-20,23-24H2,1H3,(H,36,37);2-14,19-20H,15-18,21H2,1H3,(H,33,34);1-3,5-8,10-11,13,15H,4,9,12,14H2,(H,22,23,25);2-3,6-13H,4-5,14-15H2,1H3. The molecule has 0 unspecified atom stereocenters. The van der Waals surface area contributed by atoms with Crippen molar-refractivity contribution in [1.29, 1.82) is 0 Å². The van der Waals surface area contributed by atoms with Crippen molar-refractivity contribution in [2.45, 2.75) is 117 Å². The van der Waals surface area contributed by atoms with Crippen LogP contribution in [0.1, 0.15) is 108 Å². The van der Waals surface area contributed by atoms with Crippen LogP contribution in [0.15, 0.2) is 310 Å². The van der Waals surface area contributed by atoms with Crippen LogP contribution in [0.4, 0.5) is 0 Å². The minimum Gasteiger partial charge on any atom is -0.494 e. The summed E-state index contributed by atoms with van der Waals surface area (Å²) in [4.78, 5) is 76.3. The van der Waals surface area contributed by atoms with Crippen molar-refractivity contribution in [2.75, 3.05) is 40.4 Å². The minimum atomic E-state index is -0.824. The topological polar surface area (TPSA) is 246 Å². The highest BCUT2D eigenvalue weighted by atomic mass is 16.5. The van der Waals surface area contributed by atoms with Crippen LogP contribution < -0.4 is 23.7 Å². The van der Waals surface area contributed by atoms with E-state index in [0.717, 1.165) is 173 Å². The zero-order valence-electron chi connectivity index (χ0n) is 70.5. The molecule has 0 spiro atoms. The van der Waals surface area contributed by atoms with Gasteiger partial charge in [0.1, 0.15) is 66.5 Å². The van der Waals surface area contributed by atoms with Gasteiger partial charge >= 0.3 is 11.9 Å². The molecule has 3 N–H and O–H groups in total. The molecule has 19 nitrogen and oxygen atoms in total. The maximum atomic E-state index is 13.2. The normalized spacial score (nSPS) is 10.8. The Morgan fingerprint density at radius 1 is 0.371 bits per heavy atom. The summed E-state index contributed by atoms with van der Waals surface area (Å²) >= 11 is 0. The van der Waals surface area contributed by atoms with Crippen molar-refractivity contribution in [3.8, 4) is 39.9 Å². The van der Waals surface area contributed by atoms with Gasteiger partial charge in [-0.2, -0.15) is 5.10 Å². The molecule has 0 saturated heterocycles. The highest BCUT2D eigenvalue weighted by Crippen LogP contribution is 2.35. The van der Waals surface area contributed by atoms with Crippen molar-refractivity contribution >= 4 is 72.9 Å². The average Bonchev–Trinajstić information content (AvgIpc) is 0.791. The second kappa shape index (κ2) is 47.0. The number of carbonyl (C=O) groups is 5. The monoisotopic (exact) mass is 1660 g/mol. The van der Waals surface area contributed by atoms with Crippen molar-refractivity contribution < 1.29 is 57.9 Å². The van der Waals surface area contributed by atoms with Crippen LogP contribution in [-0.4, -0.2) is 115 Å². The molecule has 3 aromatic heterocycles. The Balaban J connectivity index is 0.000000153. The second-order valence-electron chi connectivity index (χ2n) is 30.4. The number of ketones is 1. The molecule has 0 atom stereocenters. The summed E-state index contributed by atoms with van der Waals surface area (Å²) in [5, 5.41) is 31.2. The number of nitrogens with zero attached hydrogens (tertiary/aromatic N) is 6. The van der Waals surface area contributed by atoms with Crippen LogP contribution in [0.2, 0.25) is 0 Å². The summed E-state index contributed by atoms with van der Waals surface area (Å²) in [5.74, 6) is 3.47. The third-order valence-corrected chi connectivity index (χ3v) is 20.9. The Bertz CT molecular complexity index is 5920. The lowest BCUT2D eigenvalue weighted by molar-refractivity contribution is -0.138. The van der Waals surface area contributed by atoms with Crippen LogP contribution in [0, 0.1) is 0 Å². The lowest BCUT2D eigenvalue weighted by Crippen LogP contribution is -2.30. The highest BCUT2D eigenvalue weighted by Gasteiger charge is 2.19. The van der Waals surface area contributed by atoms with E-state index in [1.165, 1.54) is 17.5 Å². The molecule has 0 radical (unpaired) electrons. The fraction of sp³-hybridized carbons (Fsp3) is 0.229. The molecule has 0 bridgehead atoms. The number of nitrogens with one attached hydrogen (secondary N) is 1. The Kier molecular flexibility index (Phi) is 33.7. The number of aromatic nitrogens is 5. The van der Waals surface area contributed by atoms with Gasteiger partial charge in [-0.1, -0.05) is 224 Å². The van der Waals surface area contributed by atoms with E-state index in [4.69, 9.17) is 28.8 Å². The molecule has 2 amide bonds. The maximum Gasteiger partial charge on any atom is 0.303 e. The minimum absolute atomic E-state index is 0.0535. The molecule has 0 fully saturated rings. The van der Waals surface area contributed by atoms with Crippen LogP contribution in [0.25, 0.3) is 54.5 Å². The highest BCUT2D eigenvalue weighted by molar-refractivity contribution is 6.01. The number of ether oxygens (including phenoxy) is 5. The summed E-state index contributed by atoms with van der Waals surface area (Å²) in [6.07, 6.45) is 9.47. The van der Waals surface area contributed by atoms with Gasteiger partial charge in [0.15, 0.2) is 0 Å². The predicted molar refractivity (Wildman–Crippen MR) is 489 cm³/mol. The SMILES string of the molecule is CC(=O)CCCOc1ccc(OCc2ccc3ccccc3n2)cc1.CN(CCc1ccccc1)C(=O)Cc1cc(CCC(=O)O)cc2c(-c3ccccc3)cccc12.CN(CCc1ccccc1)C(=O)Cc1cc(CCCCC(=O)O)cc2c(OCc3ccccc3)cccc12.c1cc(OCCCc2ncn[nH]2)cc(OCc2ccc3ccccc3n2)c1. The first kappa shape index (κ1) is 88.9. The number of carbonyl (C=O) groups excluding carboxylic acids is 3. The van der Waals surface area contributed by atoms with Gasteiger partial charge in [0.25, 0.3) is 0 Å². The number of aliphatic carboxylic acids is 2. The van der Waals surface area contributed by atoms with Gasteiger partial charge in [0.2, 0.25) is 11.8 Å². The van der Waals surface area contributed by atoms with Crippen LogP contribution >= 0.6 is 0 Å². The molecular formula is C105H105N7O12. The Labute approximate surface area is 724 Å². The van der Waals surface area contributed by atoms with E-state index in [0.29, 0.717) is 71.8 Å². The number of aromatic amines is 1. The van der Waals surface area contributed by atoms with Gasteiger partial charge in [-0.05, 0) is 197 Å². The molecular weight excluding hydrogens is 1550 g/mol. The van der Waals surface area contributed by atoms with Gasteiger partial charge in [-0.3, -0.25) is 24.3 Å². The number of pyridine rings is 2. The molecule has 3 heterocycles. The van der Waals surface area contributed by atoms with Gasteiger partial charge in [0, 0.05) is 75.1 Å². The number of rotatable bonds is 38. The molecule has 632 valence electrons. The number of fused-ring (bicyclic) bond motifs is 4. The van der Waals surface area contributed by atoms with E-state index in [9.17, 15) is 29.1 Å². The number of hydrogen-bond donors (Lipinski definition) is 3. The molecule has 0 aliphatic carbocycles. The number of carboxylic acid groups (broad SMARTS) is 2. The number of unbranched alkanes of at least 4 members (excludes halogenated alkanes) is 1. The van der Waals surface area contributed by atoms with Crippen molar-refractivity contribution in [1.82, 2.24) is 34.9 Å². The first-order valence-electron chi connectivity index (χ1n) is 42.1. The van der Waals surface area contributed by atoms with Gasteiger partial charge < -0.3 is 48.5 Å². The van der Waals surface area contributed by atoms with Gasteiger partial charge in [-0.25, -0.2) is 15.0 Å². The molecule has 15 aromatic rings. The number of para-hydroxylation sites is 2.